The summed E-state index contributed by atoms with van der Waals surface area (Å²) in [6.45, 7) is 2.15. The molecule has 0 radical (unpaired) electrons. The molecule has 0 bridgehead atoms. The highest BCUT2D eigenvalue weighted by Crippen LogP contribution is 2.60. The van der Waals surface area contributed by atoms with Crippen LogP contribution in [0.25, 0.3) is 11.8 Å². The maximum absolute atomic E-state index is 14.0. The first-order chi connectivity index (χ1) is 16.3. The second-order valence-electron chi connectivity index (χ2n) is 9.81. The van der Waals surface area contributed by atoms with Gasteiger partial charge in [-0.05, 0) is 67.5 Å². The number of rotatable bonds is 2. The highest BCUT2D eigenvalue weighted by Gasteiger charge is 2.55. The quantitative estimate of drug-likeness (QED) is 0.350. The molecule has 1 fully saturated rings. The molecular formula is C26H24F4N4. The van der Waals surface area contributed by atoms with Crippen LogP contribution in [0.4, 0.5) is 17.6 Å². The highest BCUT2D eigenvalue weighted by molar-refractivity contribution is 5.64. The minimum Gasteiger partial charge on any atom is -0.348 e. The van der Waals surface area contributed by atoms with Gasteiger partial charge in [0, 0.05) is 23.7 Å². The first kappa shape index (κ1) is 21.4. The number of benzene rings is 1. The standard InChI is InChI=1S/C26H24F4N4/c1-25-13-15-14-33-34(18-5-3-17(27)4-6-18)22(15)12-16(25)2-7-19-20(25)8-9-21(26(28,29)30)23(19)24-31-10-11-32-24/h3-6,8,10-12,14,19,21,23H,2,7,9,13H2,1H3,(H,31,32)/t19?,21-,23-,25+/m1/s1. The number of nitrogens with one attached hydrogen (secondary N) is 1. The largest absolute Gasteiger partial charge is 0.392 e. The van der Waals surface area contributed by atoms with Crippen molar-refractivity contribution in [2.45, 2.75) is 44.7 Å². The molecule has 8 heteroatoms. The Labute approximate surface area is 194 Å². The lowest BCUT2D eigenvalue weighted by Crippen LogP contribution is -2.44. The zero-order valence-electron chi connectivity index (χ0n) is 18.6. The number of alkyl halides is 3. The molecule has 0 aliphatic heterocycles. The Morgan fingerprint density at radius 1 is 1.18 bits per heavy atom. The molecule has 1 N–H and O–H groups in total. The van der Waals surface area contributed by atoms with Gasteiger partial charge in [-0.25, -0.2) is 14.1 Å². The Hall–Kier alpha value is -3.16. The van der Waals surface area contributed by atoms with Gasteiger partial charge in [0.1, 0.15) is 11.6 Å². The summed E-state index contributed by atoms with van der Waals surface area (Å²) >= 11 is 0. The van der Waals surface area contributed by atoms with Crippen LogP contribution in [0.15, 0.2) is 60.1 Å². The van der Waals surface area contributed by atoms with E-state index in [9.17, 15) is 17.6 Å². The maximum atomic E-state index is 14.0. The summed E-state index contributed by atoms with van der Waals surface area (Å²) < 4.78 is 57.3. The summed E-state index contributed by atoms with van der Waals surface area (Å²) in [6, 6.07) is 6.21. The van der Waals surface area contributed by atoms with Crippen molar-refractivity contribution in [3.8, 4) is 5.69 Å². The number of imidazole rings is 1. The number of halogens is 4. The Morgan fingerprint density at radius 2 is 1.97 bits per heavy atom. The lowest BCUT2D eigenvalue weighted by atomic mass is 9.54. The summed E-state index contributed by atoms with van der Waals surface area (Å²) in [5.41, 5.74) is 4.74. The van der Waals surface area contributed by atoms with Crippen LogP contribution in [0.2, 0.25) is 0 Å². The average Bonchev–Trinajstić information content (AvgIpc) is 3.46. The van der Waals surface area contributed by atoms with Gasteiger partial charge in [0.2, 0.25) is 0 Å². The summed E-state index contributed by atoms with van der Waals surface area (Å²) in [6.07, 6.45) is 6.68. The number of H-pyrrole nitrogens is 1. The van der Waals surface area contributed by atoms with Crippen molar-refractivity contribution >= 4 is 6.08 Å². The molecule has 0 saturated heterocycles. The second kappa shape index (κ2) is 7.42. The van der Waals surface area contributed by atoms with Gasteiger partial charge in [0.25, 0.3) is 0 Å². The third-order valence-electron chi connectivity index (χ3n) is 8.00. The number of hydrogen-bond donors (Lipinski definition) is 1. The Morgan fingerprint density at radius 3 is 2.68 bits per heavy atom. The van der Waals surface area contributed by atoms with Crippen LogP contribution in [-0.2, 0) is 6.42 Å². The highest BCUT2D eigenvalue weighted by atomic mass is 19.4. The molecule has 2 aromatic heterocycles. The van der Waals surface area contributed by atoms with E-state index in [0.29, 0.717) is 25.1 Å². The summed E-state index contributed by atoms with van der Waals surface area (Å²) in [4.78, 5) is 7.24. The third kappa shape index (κ3) is 3.18. The van der Waals surface area contributed by atoms with E-state index < -0.39 is 18.0 Å². The van der Waals surface area contributed by atoms with E-state index in [1.165, 1.54) is 23.9 Å². The SMILES string of the molecule is C[C@]12Cc3cnn(-c4ccc(F)cc4)c3C=C1CCC1C2=CC[C@@H](C(F)(F)F)[C@@H]1c1ncc[nH]1. The molecule has 6 rings (SSSR count). The number of nitrogens with zero attached hydrogens (tertiary/aromatic N) is 3. The maximum Gasteiger partial charge on any atom is 0.392 e. The molecule has 4 nitrogen and oxygen atoms in total. The molecule has 1 aromatic carbocycles. The fourth-order valence-corrected chi connectivity index (χ4v) is 6.41. The molecule has 3 aromatic rings. The topological polar surface area (TPSA) is 46.5 Å². The van der Waals surface area contributed by atoms with Gasteiger partial charge in [-0.3, -0.25) is 0 Å². The van der Waals surface area contributed by atoms with E-state index in [4.69, 9.17) is 0 Å². The van der Waals surface area contributed by atoms with Crippen LogP contribution in [0.5, 0.6) is 0 Å². The van der Waals surface area contributed by atoms with E-state index in [0.717, 1.165) is 22.5 Å². The van der Waals surface area contributed by atoms with E-state index >= 15 is 0 Å². The van der Waals surface area contributed by atoms with Crippen LogP contribution in [-0.4, -0.2) is 25.9 Å². The molecule has 2 heterocycles. The van der Waals surface area contributed by atoms with Crippen molar-refractivity contribution in [3.63, 3.8) is 0 Å². The van der Waals surface area contributed by atoms with Crippen molar-refractivity contribution < 1.29 is 17.6 Å². The zero-order valence-corrected chi connectivity index (χ0v) is 18.6. The second-order valence-corrected chi connectivity index (χ2v) is 9.81. The fourth-order valence-electron chi connectivity index (χ4n) is 6.41. The molecule has 3 aliphatic carbocycles. The molecule has 4 atom stereocenters. The van der Waals surface area contributed by atoms with Gasteiger partial charge in [-0.2, -0.15) is 18.3 Å². The molecule has 3 aliphatic rings. The first-order valence-electron chi connectivity index (χ1n) is 11.6. The minimum absolute atomic E-state index is 0.0364. The number of hydrogen-bond acceptors (Lipinski definition) is 2. The van der Waals surface area contributed by atoms with Crippen molar-refractivity contribution in [2.75, 3.05) is 0 Å². The molecule has 0 amide bonds. The van der Waals surface area contributed by atoms with Gasteiger partial charge < -0.3 is 4.98 Å². The number of allylic oxidation sites excluding steroid dienone is 3. The summed E-state index contributed by atoms with van der Waals surface area (Å²) in [5.74, 6) is -2.25. The number of fused-ring (bicyclic) bond motifs is 4. The van der Waals surface area contributed by atoms with Crippen LogP contribution < -0.4 is 0 Å². The molecular weight excluding hydrogens is 444 g/mol. The van der Waals surface area contributed by atoms with Crippen molar-refractivity contribution in [3.05, 3.63) is 83.0 Å². The molecule has 0 spiro atoms. The van der Waals surface area contributed by atoms with E-state index in [1.54, 1.807) is 18.3 Å². The monoisotopic (exact) mass is 468 g/mol. The summed E-state index contributed by atoms with van der Waals surface area (Å²) in [5, 5.41) is 4.56. The predicted octanol–water partition coefficient (Wildman–Crippen LogP) is 6.38. The molecule has 1 saturated carbocycles. The predicted molar refractivity (Wildman–Crippen MR) is 120 cm³/mol. The van der Waals surface area contributed by atoms with Gasteiger partial charge in [-0.1, -0.05) is 24.1 Å². The summed E-state index contributed by atoms with van der Waals surface area (Å²) in [7, 11) is 0. The van der Waals surface area contributed by atoms with E-state index in [-0.39, 0.29) is 23.6 Å². The van der Waals surface area contributed by atoms with Crippen LogP contribution in [0.1, 0.15) is 49.2 Å². The minimum atomic E-state index is -4.29. The van der Waals surface area contributed by atoms with E-state index in [1.807, 2.05) is 17.0 Å². The normalized spacial score (nSPS) is 28.4. The Bertz CT molecular complexity index is 1280. The number of aromatic amines is 1. The third-order valence-corrected chi connectivity index (χ3v) is 8.00. The van der Waals surface area contributed by atoms with Crippen LogP contribution in [0, 0.1) is 23.1 Å². The molecule has 1 unspecified atom stereocenters. The van der Waals surface area contributed by atoms with Crippen molar-refractivity contribution in [1.29, 1.82) is 0 Å². The van der Waals surface area contributed by atoms with Crippen LogP contribution >= 0.6 is 0 Å². The lowest BCUT2D eigenvalue weighted by molar-refractivity contribution is -0.186. The van der Waals surface area contributed by atoms with Gasteiger partial charge in [-0.15, -0.1) is 0 Å². The Balaban J connectivity index is 1.41. The first-order valence-corrected chi connectivity index (χ1v) is 11.6. The van der Waals surface area contributed by atoms with Crippen molar-refractivity contribution in [2.24, 2.45) is 17.3 Å². The van der Waals surface area contributed by atoms with E-state index in [2.05, 4.69) is 28.1 Å². The molecule has 176 valence electrons. The number of aromatic nitrogens is 4. The average molecular weight is 468 g/mol. The van der Waals surface area contributed by atoms with Crippen LogP contribution in [0.3, 0.4) is 0 Å². The molecule has 34 heavy (non-hydrogen) atoms. The van der Waals surface area contributed by atoms with Gasteiger partial charge in [0.15, 0.2) is 0 Å². The van der Waals surface area contributed by atoms with Gasteiger partial charge >= 0.3 is 6.18 Å². The van der Waals surface area contributed by atoms with Gasteiger partial charge in [0.05, 0.1) is 23.5 Å². The lowest BCUT2D eigenvalue weighted by Gasteiger charge is -2.50. The fraction of sp³-hybridized carbons (Fsp3) is 0.385. The smallest absolute Gasteiger partial charge is 0.348 e. The Kier molecular flexibility index (Phi) is 4.66. The van der Waals surface area contributed by atoms with Crippen molar-refractivity contribution in [1.82, 2.24) is 19.7 Å². The zero-order chi connectivity index (χ0) is 23.7.